The number of rotatable bonds is 3. The predicted octanol–water partition coefficient (Wildman–Crippen LogP) is 2.30. The van der Waals surface area contributed by atoms with Gasteiger partial charge < -0.3 is 15.8 Å². The summed E-state index contributed by atoms with van der Waals surface area (Å²) >= 11 is 5.28. The molecule has 0 spiro atoms. The molecule has 0 radical (unpaired) electrons. The zero-order valence-electron chi connectivity index (χ0n) is 12.2. The molecule has 0 bridgehead atoms. The average Bonchev–Trinajstić information content (AvgIpc) is 2.42. The van der Waals surface area contributed by atoms with Crippen LogP contribution in [0.3, 0.4) is 0 Å². The van der Waals surface area contributed by atoms with Crippen LogP contribution in [0.15, 0.2) is 0 Å². The minimum atomic E-state index is -0.468. The van der Waals surface area contributed by atoms with Crippen molar-refractivity contribution in [2.45, 2.75) is 63.3 Å². The molecule has 1 unspecified atom stereocenters. The molecule has 1 heterocycles. The summed E-state index contributed by atoms with van der Waals surface area (Å²) in [4.78, 5) is 12.9. The highest BCUT2D eigenvalue weighted by Crippen LogP contribution is 2.28. The molecule has 20 heavy (non-hydrogen) atoms. The first-order valence-electron chi connectivity index (χ1n) is 7.84. The zero-order chi connectivity index (χ0) is 14.4. The van der Waals surface area contributed by atoms with Gasteiger partial charge in [0, 0.05) is 6.61 Å². The molecule has 4 nitrogen and oxygen atoms in total. The minimum absolute atomic E-state index is 0.0413. The molecule has 1 atom stereocenters. The van der Waals surface area contributed by atoms with Gasteiger partial charge in [0.1, 0.15) is 0 Å². The van der Waals surface area contributed by atoms with E-state index in [9.17, 15) is 4.79 Å². The van der Waals surface area contributed by atoms with E-state index in [0.717, 1.165) is 45.1 Å². The van der Waals surface area contributed by atoms with Crippen LogP contribution in [0.1, 0.15) is 57.8 Å². The van der Waals surface area contributed by atoms with Crippen molar-refractivity contribution in [3.05, 3.63) is 0 Å². The highest BCUT2D eigenvalue weighted by atomic mass is 32.1. The highest BCUT2D eigenvalue weighted by molar-refractivity contribution is 7.80. The Labute approximate surface area is 126 Å². The molecule has 2 aliphatic rings. The van der Waals surface area contributed by atoms with Gasteiger partial charge in [0.2, 0.25) is 5.91 Å². The van der Waals surface area contributed by atoms with Crippen LogP contribution in [0.5, 0.6) is 0 Å². The van der Waals surface area contributed by atoms with Crippen LogP contribution in [0.4, 0.5) is 0 Å². The maximum Gasteiger partial charge on any atom is 0.226 e. The fourth-order valence-corrected chi connectivity index (χ4v) is 3.48. The average molecular weight is 298 g/mol. The molecule has 114 valence electrons. The van der Waals surface area contributed by atoms with E-state index in [4.69, 9.17) is 22.7 Å². The van der Waals surface area contributed by atoms with Crippen molar-refractivity contribution < 1.29 is 9.53 Å². The summed E-state index contributed by atoms with van der Waals surface area (Å²) in [5.41, 5.74) is 5.52. The Kier molecular flexibility index (Phi) is 5.78. The Bertz CT molecular complexity index is 346. The van der Waals surface area contributed by atoms with Crippen LogP contribution >= 0.6 is 12.2 Å². The van der Waals surface area contributed by atoms with Crippen LogP contribution in [0.25, 0.3) is 0 Å². The van der Waals surface area contributed by atoms with Gasteiger partial charge in [0.25, 0.3) is 0 Å². The molecular formula is C15H26N2O2S. The summed E-state index contributed by atoms with van der Waals surface area (Å²) in [5, 5.41) is 3.18. The van der Waals surface area contributed by atoms with Crippen LogP contribution in [0, 0.1) is 5.92 Å². The molecule has 5 heteroatoms. The van der Waals surface area contributed by atoms with Crippen molar-refractivity contribution in [2.75, 3.05) is 13.2 Å². The second kappa shape index (κ2) is 7.36. The highest BCUT2D eigenvalue weighted by Gasteiger charge is 2.37. The SMILES string of the molecule is NC(=S)C1(NC(=O)C2CCCOC2)CCCCCCC1. The molecule has 0 aromatic heterocycles. The lowest BCUT2D eigenvalue weighted by Gasteiger charge is -2.37. The topological polar surface area (TPSA) is 64.3 Å². The third-order valence-corrected chi connectivity index (χ3v) is 4.96. The van der Waals surface area contributed by atoms with E-state index >= 15 is 0 Å². The molecule has 3 N–H and O–H groups in total. The fourth-order valence-electron chi connectivity index (χ4n) is 3.23. The largest absolute Gasteiger partial charge is 0.391 e. The van der Waals surface area contributed by atoms with Gasteiger partial charge in [-0.3, -0.25) is 4.79 Å². The number of carbonyl (C=O) groups excluding carboxylic acids is 1. The Morgan fingerprint density at radius 3 is 2.35 bits per heavy atom. The van der Waals surface area contributed by atoms with Gasteiger partial charge >= 0.3 is 0 Å². The van der Waals surface area contributed by atoms with Gasteiger partial charge in [0.05, 0.1) is 23.1 Å². The van der Waals surface area contributed by atoms with Crippen LogP contribution in [0.2, 0.25) is 0 Å². The van der Waals surface area contributed by atoms with Crippen LogP contribution in [-0.4, -0.2) is 29.6 Å². The monoisotopic (exact) mass is 298 g/mol. The molecule has 0 aromatic rings. The van der Waals surface area contributed by atoms with Crippen molar-refractivity contribution in [1.29, 1.82) is 0 Å². The maximum atomic E-state index is 12.5. The lowest BCUT2D eigenvalue weighted by molar-refractivity contribution is -0.130. The molecule has 1 aliphatic heterocycles. The number of carbonyl (C=O) groups is 1. The molecule has 1 amide bonds. The van der Waals surface area contributed by atoms with Crippen molar-refractivity contribution in [3.63, 3.8) is 0 Å². The summed E-state index contributed by atoms with van der Waals surface area (Å²) in [7, 11) is 0. The number of amides is 1. The molecule has 2 fully saturated rings. The van der Waals surface area contributed by atoms with E-state index in [-0.39, 0.29) is 11.8 Å². The van der Waals surface area contributed by atoms with E-state index in [2.05, 4.69) is 5.32 Å². The molecule has 1 aliphatic carbocycles. The summed E-state index contributed by atoms with van der Waals surface area (Å²) in [6.07, 6.45) is 9.45. The zero-order valence-corrected chi connectivity index (χ0v) is 13.0. The Balaban J connectivity index is 2.02. The summed E-state index contributed by atoms with van der Waals surface area (Å²) in [6.45, 7) is 1.30. The fraction of sp³-hybridized carbons (Fsp3) is 0.867. The molecule has 1 saturated heterocycles. The molecule has 1 saturated carbocycles. The van der Waals surface area contributed by atoms with E-state index in [1.54, 1.807) is 0 Å². The number of thiocarbonyl (C=S) groups is 1. The number of nitrogens with two attached hydrogens (primary N) is 1. The summed E-state index contributed by atoms with van der Waals surface area (Å²) in [6, 6.07) is 0. The normalized spacial score (nSPS) is 27.1. The lowest BCUT2D eigenvalue weighted by Crippen LogP contribution is -2.58. The Morgan fingerprint density at radius 2 is 1.80 bits per heavy atom. The van der Waals surface area contributed by atoms with E-state index < -0.39 is 5.54 Å². The minimum Gasteiger partial charge on any atom is -0.391 e. The molecular weight excluding hydrogens is 272 g/mol. The van der Waals surface area contributed by atoms with Gasteiger partial charge in [0.15, 0.2) is 0 Å². The third kappa shape index (κ3) is 3.92. The van der Waals surface area contributed by atoms with Gasteiger partial charge in [-0.15, -0.1) is 0 Å². The second-order valence-electron chi connectivity index (χ2n) is 6.12. The molecule has 0 aromatic carbocycles. The second-order valence-corrected chi connectivity index (χ2v) is 6.56. The predicted molar refractivity (Wildman–Crippen MR) is 83.5 cm³/mol. The third-order valence-electron chi connectivity index (χ3n) is 4.57. The van der Waals surface area contributed by atoms with Crippen LogP contribution < -0.4 is 11.1 Å². The standard InChI is InChI=1S/C15H26N2O2S/c16-14(20)15(8-4-2-1-3-5-9-15)17-13(18)12-7-6-10-19-11-12/h12H,1-11H2,(H2,16,20)(H,17,18). The van der Waals surface area contributed by atoms with E-state index in [1.807, 2.05) is 0 Å². The summed E-state index contributed by atoms with van der Waals surface area (Å²) in [5.74, 6) is 0.0264. The van der Waals surface area contributed by atoms with Crippen molar-refractivity contribution in [3.8, 4) is 0 Å². The first-order valence-corrected chi connectivity index (χ1v) is 8.24. The van der Waals surface area contributed by atoms with Crippen LogP contribution in [-0.2, 0) is 9.53 Å². The van der Waals surface area contributed by atoms with Gasteiger partial charge in [-0.25, -0.2) is 0 Å². The number of hydrogen-bond acceptors (Lipinski definition) is 3. The van der Waals surface area contributed by atoms with E-state index in [0.29, 0.717) is 11.6 Å². The lowest BCUT2D eigenvalue weighted by atomic mass is 9.83. The maximum absolute atomic E-state index is 12.5. The van der Waals surface area contributed by atoms with Gasteiger partial charge in [-0.1, -0.05) is 44.3 Å². The Morgan fingerprint density at radius 1 is 1.15 bits per heavy atom. The van der Waals surface area contributed by atoms with E-state index in [1.165, 1.54) is 19.3 Å². The number of nitrogens with one attached hydrogen (secondary N) is 1. The van der Waals surface area contributed by atoms with Crippen molar-refractivity contribution in [2.24, 2.45) is 11.7 Å². The van der Waals surface area contributed by atoms with Gasteiger partial charge in [-0.05, 0) is 25.7 Å². The van der Waals surface area contributed by atoms with Crippen molar-refractivity contribution in [1.82, 2.24) is 5.32 Å². The smallest absolute Gasteiger partial charge is 0.226 e. The van der Waals surface area contributed by atoms with Crippen molar-refractivity contribution >= 4 is 23.1 Å². The first-order chi connectivity index (χ1) is 9.64. The van der Waals surface area contributed by atoms with Gasteiger partial charge in [-0.2, -0.15) is 0 Å². The number of ether oxygens (including phenoxy) is 1. The number of hydrogen-bond donors (Lipinski definition) is 2. The Hall–Kier alpha value is -0.680. The summed E-state index contributed by atoms with van der Waals surface area (Å²) < 4.78 is 5.41. The first kappa shape index (κ1) is 15.7. The molecule has 2 rings (SSSR count). The quantitative estimate of drug-likeness (QED) is 0.785.